The van der Waals surface area contributed by atoms with Crippen molar-refractivity contribution >= 4 is 5.91 Å². The van der Waals surface area contributed by atoms with Crippen LogP contribution in [0.2, 0.25) is 0 Å². The maximum Gasteiger partial charge on any atom is 0.271 e. The number of imidazole rings is 1. The molecule has 84 valence electrons. The summed E-state index contributed by atoms with van der Waals surface area (Å²) in [5, 5.41) is 2.68. The van der Waals surface area contributed by atoms with Crippen LogP contribution in [-0.2, 0) is 11.3 Å². The Morgan fingerprint density at radius 1 is 1.73 bits per heavy atom. The number of carbonyl (C=O) groups excluding carboxylic acids is 1. The molecule has 0 atom stereocenters. The molecule has 0 aromatic carbocycles. The molecular weight excluding hydrogens is 196 g/mol. The Kier molecular flexibility index (Phi) is 4.79. The molecule has 0 saturated heterocycles. The fourth-order valence-electron chi connectivity index (χ4n) is 1.11. The molecule has 6 heteroatoms. The van der Waals surface area contributed by atoms with E-state index in [2.05, 4.69) is 10.3 Å². The van der Waals surface area contributed by atoms with Crippen LogP contribution in [-0.4, -0.2) is 42.3 Å². The van der Waals surface area contributed by atoms with Crippen LogP contribution in [0.1, 0.15) is 10.5 Å². The molecule has 1 rings (SSSR count). The second kappa shape index (κ2) is 6.15. The molecule has 0 fully saturated rings. The molecule has 1 heterocycles. The summed E-state index contributed by atoms with van der Waals surface area (Å²) in [5.74, 6) is -0.192. The van der Waals surface area contributed by atoms with Crippen molar-refractivity contribution in [2.75, 3.05) is 26.8 Å². The summed E-state index contributed by atoms with van der Waals surface area (Å²) >= 11 is 0. The molecule has 0 saturated carbocycles. The fraction of sp³-hybridized carbons (Fsp3) is 0.556. The van der Waals surface area contributed by atoms with Gasteiger partial charge in [0.25, 0.3) is 5.91 Å². The molecular formula is C9H16N4O2. The van der Waals surface area contributed by atoms with Crippen LogP contribution in [0.15, 0.2) is 12.5 Å². The van der Waals surface area contributed by atoms with Gasteiger partial charge in [-0.2, -0.15) is 0 Å². The van der Waals surface area contributed by atoms with Crippen molar-refractivity contribution < 1.29 is 9.53 Å². The lowest BCUT2D eigenvalue weighted by atomic mass is 10.4. The van der Waals surface area contributed by atoms with Gasteiger partial charge < -0.3 is 20.4 Å². The maximum absolute atomic E-state index is 11.5. The van der Waals surface area contributed by atoms with Gasteiger partial charge in [0.1, 0.15) is 5.69 Å². The molecule has 3 N–H and O–H groups in total. The van der Waals surface area contributed by atoms with E-state index < -0.39 is 0 Å². The molecule has 0 bridgehead atoms. The molecule has 0 spiro atoms. The third-order valence-electron chi connectivity index (χ3n) is 1.84. The highest BCUT2D eigenvalue weighted by molar-refractivity contribution is 5.91. The zero-order chi connectivity index (χ0) is 11.1. The summed E-state index contributed by atoms with van der Waals surface area (Å²) in [6, 6.07) is 0. The van der Waals surface area contributed by atoms with Crippen molar-refractivity contribution in [3.8, 4) is 0 Å². The zero-order valence-corrected chi connectivity index (χ0v) is 8.77. The number of hydrogen-bond acceptors (Lipinski definition) is 4. The van der Waals surface area contributed by atoms with Crippen molar-refractivity contribution in [2.45, 2.75) is 6.54 Å². The van der Waals surface area contributed by atoms with Crippen molar-refractivity contribution in [2.24, 2.45) is 5.73 Å². The van der Waals surface area contributed by atoms with E-state index in [-0.39, 0.29) is 5.91 Å². The summed E-state index contributed by atoms with van der Waals surface area (Å²) in [6.45, 7) is 2.17. The van der Waals surface area contributed by atoms with Crippen molar-refractivity contribution in [1.82, 2.24) is 14.9 Å². The SMILES string of the molecule is COCCNC(=O)c1cn(CCN)cn1. The topological polar surface area (TPSA) is 82.2 Å². The minimum absolute atomic E-state index is 0.192. The number of aromatic nitrogens is 2. The average Bonchev–Trinajstić information content (AvgIpc) is 2.67. The van der Waals surface area contributed by atoms with Gasteiger partial charge in [0, 0.05) is 32.9 Å². The van der Waals surface area contributed by atoms with E-state index >= 15 is 0 Å². The van der Waals surface area contributed by atoms with Gasteiger partial charge in [-0.05, 0) is 0 Å². The Morgan fingerprint density at radius 2 is 2.53 bits per heavy atom. The molecule has 1 aromatic rings. The summed E-state index contributed by atoms with van der Waals surface area (Å²) in [6.07, 6.45) is 3.27. The highest BCUT2D eigenvalue weighted by atomic mass is 16.5. The van der Waals surface area contributed by atoms with Crippen molar-refractivity contribution in [3.05, 3.63) is 18.2 Å². The highest BCUT2D eigenvalue weighted by Gasteiger charge is 2.07. The molecule has 0 aliphatic rings. The summed E-state index contributed by atoms with van der Waals surface area (Å²) in [5.41, 5.74) is 5.78. The maximum atomic E-state index is 11.5. The van der Waals surface area contributed by atoms with E-state index in [1.165, 1.54) is 0 Å². The Bertz CT molecular complexity index is 311. The minimum atomic E-state index is -0.192. The number of nitrogens with one attached hydrogen (secondary N) is 1. The molecule has 0 aliphatic heterocycles. The largest absolute Gasteiger partial charge is 0.383 e. The van der Waals surface area contributed by atoms with Gasteiger partial charge in [-0.15, -0.1) is 0 Å². The average molecular weight is 212 g/mol. The number of carbonyl (C=O) groups is 1. The van der Waals surface area contributed by atoms with E-state index in [1.54, 1.807) is 24.2 Å². The zero-order valence-electron chi connectivity index (χ0n) is 8.77. The fourth-order valence-corrected chi connectivity index (χ4v) is 1.11. The summed E-state index contributed by atoms with van der Waals surface area (Å²) in [7, 11) is 1.59. The monoisotopic (exact) mass is 212 g/mol. The van der Waals surface area contributed by atoms with Gasteiger partial charge >= 0.3 is 0 Å². The normalized spacial score (nSPS) is 10.3. The van der Waals surface area contributed by atoms with E-state index in [9.17, 15) is 4.79 Å². The number of nitrogens with two attached hydrogens (primary N) is 1. The van der Waals surface area contributed by atoms with E-state index in [1.807, 2.05) is 0 Å². The molecule has 0 radical (unpaired) electrons. The predicted octanol–water partition coefficient (Wildman–Crippen LogP) is -0.782. The summed E-state index contributed by atoms with van der Waals surface area (Å²) in [4.78, 5) is 15.4. The number of nitrogens with zero attached hydrogens (tertiary/aromatic N) is 2. The third kappa shape index (κ3) is 3.69. The number of hydrogen-bond donors (Lipinski definition) is 2. The van der Waals surface area contributed by atoms with Gasteiger partial charge in [0.05, 0.1) is 12.9 Å². The third-order valence-corrected chi connectivity index (χ3v) is 1.84. The van der Waals surface area contributed by atoms with E-state index in [4.69, 9.17) is 10.5 Å². The summed E-state index contributed by atoms with van der Waals surface area (Å²) < 4.78 is 6.60. The quantitative estimate of drug-likeness (QED) is 0.606. The van der Waals surface area contributed by atoms with Crippen LogP contribution in [0.5, 0.6) is 0 Å². The standard InChI is InChI=1S/C9H16N4O2/c1-15-5-3-11-9(14)8-6-13(4-2-10)7-12-8/h6-7H,2-5,10H2,1H3,(H,11,14). The number of ether oxygens (including phenoxy) is 1. The minimum Gasteiger partial charge on any atom is -0.383 e. The van der Waals surface area contributed by atoms with Crippen LogP contribution in [0.25, 0.3) is 0 Å². The Morgan fingerprint density at radius 3 is 3.20 bits per heavy atom. The van der Waals surface area contributed by atoms with Crippen molar-refractivity contribution in [1.29, 1.82) is 0 Å². The smallest absolute Gasteiger partial charge is 0.271 e. The van der Waals surface area contributed by atoms with Gasteiger partial charge in [-0.3, -0.25) is 4.79 Å². The van der Waals surface area contributed by atoms with E-state index in [0.29, 0.717) is 31.9 Å². The van der Waals surface area contributed by atoms with Crippen LogP contribution in [0, 0.1) is 0 Å². The van der Waals surface area contributed by atoms with Gasteiger partial charge in [-0.1, -0.05) is 0 Å². The van der Waals surface area contributed by atoms with Gasteiger partial charge in [-0.25, -0.2) is 4.98 Å². The first-order valence-corrected chi connectivity index (χ1v) is 4.77. The second-order valence-electron chi connectivity index (χ2n) is 3.03. The van der Waals surface area contributed by atoms with Crippen LogP contribution in [0.3, 0.4) is 0 Å². The van der Waals surface area contributed by atoms with Crippen LogP contribution >= 0.6 is 0 Å². The second-order valence-corrected chi connectivity index (χ2v) is 3.03. The number of amides is 1. The Hall–Kier alpha value is -1.40. The van der Waals surface area contributed by atoms with E-state index in [0.717, 1.165) is 0 Å². The first-order chi connectivity index (χ1) is 7.27. The first kappa shape index (κ1) is 11.7. The van der Waals surface area contributed by atoms with Crippen LogP contribution in [0.4, 0.5) is 0 Å². The number of rotatable bonds is 6. The van der Waals surface area contributed by atoms with Gasteiger partial charge in [0.15, 0.2) is 0 Å². The highest BCUT2D eigenvalue weighted by Crippen LogP contribution is 1.95. The molecule has 1 amide bonds. The molecule has 1 aromatic heterocycles. The molecule has 15 heavy (non-hydrogen) atoms. The Labute approximate surface area is 88.4 Å². The first-order valence-electron chi connectivity index (χ1n) is 4.77. The lowest BCUT2D eigenvalue weighted by Gasteiger charge is -2.01. The number of methoxy groups -OCH3 is 1. The van der Waals surface area contributed by atoms with Crippen LogP contribution < -0.4 is 11.1 Å². The molecule has 0 aliphatic carbocycles. The van der Waals surface area contributed by atoms with Crippen molar-refractivity contribution in [3.63, 3.8) is 0 Å². The van der Waals surface area contributed by atoms with Gasteiger partial charge in [0.2, 0.25) is 0 Å². The molecule has 6 nitrogen and oxygen atoms in total. The lowest BCUT2D eigenvalue weighted by Crippen LogP contribution is -2.27. The Balaban J connectivity index is 2.43. The predicted molar refractivity (Wildman–Crippen MR) is 55.5 cm³/mol. The lowest BCUT2D eigenvalue weighted by molar-refractivity contribution is 0.0932. The molecule has 0 unspecified atom stereocenters.